The van der Waals surface area contributed by atoms with E-state index in [2.05, 4.69) is 15.5 Å². The third kappa shape index (κ3) is 3.04. The van der Waals surface area contributed by atoms with E-state index in [1.54, 1.807) is 24.4 Å². The van der Waals surface area contributed by atoms with Crippen LogP contribution in [-0.2, 0) is 6.42 Å². The fourth-order valence-electron chi connectivity index (χ4n) is 1.35. The molecule has 0 fully saturated rings. The summed E-state index contributed by atoms with van der Waals surface area (Å²) in [6.45, 7) is 1.96. The molecule has 1 N–H and O–H groups in total. The van der Waals surface area contributed by atoms with Gasteiger partial charge in [-0.3, -0.25) is 9.78 Å². The molecule has 0 aliphatic heterocycles. The zero-order valence-corrected chi connectivity index (χ0v) is 9.96. The molecule has 0 spiro atoms. The number of rotatable bonds is 4. The minimum absolute atomic E-state index is 0.255. The predicted molar refractivity (Wildman–Crippen MR) is 67.4 cm³/mol. The summed E-state index contributed by atoms with van der Waals surface area (Å²) < 4.78 is 5.30. The molecule has 1 amide bonds. The first kappa shape index (κ1) is 12.0. The van der Waals surface area contributed by atoms with Crippen molar-refractivity contribution >= 4 is 12.1 Å². The summed E-state index contributed by atoms with van der Waals surface area (Å²) >= 11 is 0. The van der Waals surface area contributed by atoms with Gasteiger partial charge in [0.2, 0.25) is 0 Å². The second-order valence-corrected chi connectivity index (χ2v) is 3.57. The van der Waals surface area contributed by atoms with Crippen molar-refractivity contribution in [1.82, 2.24) is 10.4 Å². The van der Waals surface area contributed by atoms with Crippen LogP contribution >= 0.6 is 0 Å². The Bertz CT molecular complexity index is 546. The van der Waals surface area contributed by atoms with Gasteiger partial charge >= 0.3 is 5.91 Å². The second-order valence-electron chi connectivity index (χ2n) is 3.57. The third-order valence-corrected chi connectivity index (χ3v) is 2.28. The third-order valence-electron chi connectivity index (χ3n) is 2.28. The zero-order chi connectivity index (χ0) is 12.8. The number of aryl methyl sites for hydroxylation is 1. The largest absolute Gasteiger partial charge is 0.456 e. The van der Waals surface area contributed by atoms with E-state index in [4.69, 9.17) is 4.42 Å². The SMILES string of the molecule is CCc1ccc(C(=O)NN=Cc2ccccn2)o1. The number of hydrazone groups is 1. The number of furan rings is 1. The van der Waals surface area contributed by atoms with Gasteiger partial charge in [-0.25, -0.2) is 5.43 Å². The highest BCUT2D eigenvalue weighted by Gasteiger charge is 2.08. The molecule has 0 aliphatic rings. The molecule has 0 saturated heterocycles. The molecule has 5 nitrogen and oxygen atoms in total. The quantitative estimate of drug-likeness (QED) is 0.659. The van der Waals surface area contributed by atoms with Gasteiger partial charge in [0.15, 0.2) is 5.76 Å². The molecule has 0 radical (unpaired) electrons. The van der Waals surface area contributed by atoms with Gasteiger partial charge in [0.25, 0.3) is 0 Å². The molecular formula is C13H13N3O2. The van der Waals surface area contributed by atoms with Crippen molar-refractivity contribution in [2.45, 2.75) is 13.3 Å². The first-order valence-corrected chi connectivity index (χ1v) is 5.62. The van der Waals surface area contributed by atoms with Gasteiger partial charge in [-0.15, -0.1) is 0 Å². The van der Waals surface area contributed by atoms with E-state index in [0.29, 0.717) is 5.69 Å². The average molecular weight is 243 g/mol. The number of nitrogens with one attached hydrogen (secondary N) is 1. The van der Waals surface area contributed by atoms with Crippen LogP contribution in [0.25, 0.3) is 0 Å². The molecule has 0 atom stereocenters. The van der Waals surface area contributed by atoms with Crippen LogP contribution in [0, 0.1) is 0 Å². The summed E-state index contributed by atoms with van der Waals surface area (Å²) in [5.41, 5.74) is 3.05. The number of carbonyl (C=O) groups is 1. The summed E-state index contributed by atoms with van der Waals surface area (Å²) in [7, 11) is 0. The van der Waals surface area contributed by atoms with Crippen LogP contribution in [0.1, 0.15) is 28.9 Å². The molecule has 2 aromatic rings. The zero-order valence-electron chi connectivity index (χ0n) is 9.96. The molecule has 2 rings (SSSR count). The highest BCUT2D eigenvalue weighted by molar-refractivity contribution is 5.92. The van der Waals surface area contributed by atoms with Crippen molar-refractivity contribution in [3.8, 4) is 0 Å². The number of hydrogen-bond donors (Lipinski definition) is 1. The van der Waals surface area contributed by atoms with Crippen LogP contribution in [0.3, 0.4) is 0 Å². The fraction of sp³-hybridized carbons (Fsp3) is 0.154. The maximum absolute atomic E-state index is 11.6. The highest BCUT2D eigenvalue weighted by atomic mass is 16.4. The van der Waals surface area contributed by atoms with Crippen LogP contribution < -0.4 is 5.43 Å². The van der Waals surface area contributed by atoms with Crippen LogP contribution in [0.4, 0.5) is 0 Å². The van der Waals surface area contributed by atoms with Crippen molar-refractivity contribution < 1.29 is 9.21 Å². The fourth-order valence-corrected chi connectivity index (χ4v) is 1.35. The number of hydrogen-bond acceptors (Lipinski definition) is 4. The Morgan fingerprint density at radius 3 is 3.00 bits per heavy atom. The Balaban J connectivity index is 1.94. The molecule has 18 heavy (non-hydrogen) atoms. The van der Waals surface area contributed by atoms with Gasteiger partial charge in [0.1, 0.15) is 5.76 Å². The summed E-state index contributed by atoms with van der Waals surface area (Å²) in [6.07, 6.45) is 3.88. The van der Waals surface area contributed by atoms with E-state index in [9.17, 15) is 4.79 Å². The number of carbonyl (C=O) groups excluding carboxylic acids is 1. The van der Waals surface area contributed by atoms with Crippen molar-refractivity contribution in [3.63, 3.8) is 0 Å². The lowest BCUT2D eigenvalue weighted by Gasteiger charge is -1.95. The van der Waals surface area contributed by atoms with Gasteiger partial charge in [-0.05, 0) is 24.3 Å². The molecule has 0 aromatic carbocycles. The van der Waals surface area contributed by atoms with Crippen molar-refractivity contribution in [2.75, 3.05) is 0 Å². The van der Waals surface area contributed by atoms with E-state index in [-0.39, 0.29) is 11.7 Å². The monoisotopic (exact) mass is 243 g/mol. The van der Waals surface area contributed by atoms with Gasteiger partial charge in [0, 0.05) is 12.6 Å². The molecule has 0 aliphatic carbocycles. The van der Waals surface area contributed by atoms with Gasteiger partial charge in [0.05, 0.1) is 11.9 Å². The molecular weight excluding hydrogens is 230 g/mol. The van der Waals surface area contributed by atoms with Gasteiger partial charge < -0.3 is 4.42 Å². The highest BCUT2D eigenvalue weighted by Crippen LogP contribution is 2.07. The number of aromatic nitrogens is 1. The van der Waals surface area contributed by atoms with Crippen LogP contribution in [0.2, 0.25) is 0 Å². The average Bonchev–Trinajstić information content (AvgIpc) is 2.89. The van der Waals surface area contributed by atoms with E-state index < -0.39 is 0 Å². The van der Waals surface area contributed by atoms with Crippen molar-refractivity contribution in [2.24, 2.45) is 5.10 Å². The van der Waals surface area contributed by atoms with Crippen molar-refractivity contribution in [3.05, 3.63) is 53.7 Å². The van der Waals surface area contributed by atoms with E-state index in [1.165, 1.54) is 6.21 Å². The molecule has 92 valence electrons. The number of amides is 1. The maximum Gasteiger partial charge on any atom is 0.307 e. The lowest BCUT2D eigenvalue weighted by molar-refractivity contribution is 0.0926. The Hall–Kier alpha value is -2.43. The van der Waals surface area contributed by atoms with Gasteiger partial charge in [-0.2, -0.15) is 5.10 Å². The summed E-state index contributed by atoms with van der Waals surface area (Å²) in [5.74, 6) is 0.653. The standard InChI is InChI=1S/C13H13N3O2/c1-2-11-6-7-12(18-11)13(17)16-15-9-10-5-3-4-8-14-10/h3-9H,2H2,1H3,(H,16,17). The van der Waals surface area contributed by atoms with E-state index >= 15 is 0 Å². The van der Waals surface area contributed by atoms with Crippen LogP contribution in [0.15, 0.2) is 46.0 Å². The van der Waals surface area contributed by atoms with E-state index in [1.807, 2.05) is 19.1 Å². The Morgan fingerprint density at radius 1 is 1.44 bits per heavy atom. The minimum Gasteiger partial charge on any atom is -0.456 e. The summed E-state index contributed by atoms with van der Waals surface area (Å²) in [6, 6.07) is 8.85. The Morgan fingerprint density at radius 2 is 2.33 bits per heavy atom. The van der Waals surface area contributed by atoms with Crippen LogP contribution in [-0.4, -0.2) is 17.1 Å². The summed E-state index contributed by atoms with van der Waals surface area (Å²) in [5, 5.41) is 3.81. The predicted octanol–water partition coefficient (Wildman–Crippen LogP) is 2.00. The molecule has 2 aromatic heterocycles. The second kappa shape index (κ2) is 5.77. The van der Waals surface area contributed by atoms with Gasteiger partial charge in [-0.1, -0.05) is 13.0 Å². The topological polar surface area (TPSA) is 67.5 Å². The summed E-state index contributed by atoms with van der Waals surface area (Å²) in [4.78, 5) is 15.7. The lowest BCUT2D eigenvalue weighted by Crippen LogP contribution is -2.16. The van der Waals surface area contributed by atoms with E-state index in [0.717, 1.165) is 12.2 Å². The molecule has 5 heteroatoms. The Labute approximate surface area is 105 Å². The molecule has 2 heterocycles. The van der Waals surface area contributed by atoms with Crippen molar-refractivity contribution in [1.29, 1.82) is 0 Å². The number of nitrogens with zero attached hydrogens (tertiary/aromatic N) is 2. The lowest BCUT2D eigenvalue weighted by atomic mass is 10.3. The maximum atomic E-state index is 11.6. The Kier molecular flexibility index (Phi) is 3.86. The van der Waals surface area contributed by atoms with Crippen LogP contribution in [0.5, 0.6) is 0 Å². The molecule has 0 saturated carbocycles. The molecule has 0 unspecified atom stereocenters. The first-order valence-electron chi connectivity index (χ1n) is 5.62. The minimum atomic E-state index is -0.373. The normalized spacial score (nSPS) is 10.7. The smallest absolute Gasteiger partial charge is 0.307 e. The molecule has 0 bridgehead atoms. The first-order chi connectivity index (χ1) is 8.79. The number of pyridine rings is 1.